The monoisotopic (exact) mass is 419 g/mol. The zero-order chi connectivity index (χ0) is 21.7. The van der Waals surface area contributed by atoms with Gasteiger partial charge in [0.05, 0.1) is 12.0 Å². The SMILES string of the molecule is CCOC(=O)C1(Cc2cc(-c3ccccc3)no2)CCN(C(=O)c2ccccn2)CC1. The van der Waals surface area contributed by atoms with E-state index in [1.165, 1.54) is 0 Å². The Morgan fingerprint density at radius 3 is 2.52 bits per heavy atom. The number of carbonyl (C=O) groups excluding carboxylic acids is 2. The lowest BCUT2D eigenvalue weighted by Crippen LogP contribution is -2.48. The summed E-state index contributed by atoms with van der Waals surface area (Å²) < 4.78 is 11.0. The molecule has 2 aromatic heterocycles. The zero-order valence-electron chi connectivity index (χ0n) is 17.5. The lowest BCUT2D eigenvalue weighted by atomic mass is 9.74. The molecule has 3 heterocycles. The quantitative estimate of drug-likeness (QED) is 0.566. The second-order valence-corrected chi connectivity index (χ2v) is 7.73. The third-order valence-electron chi connectivity index (χ3n) is 5.74. The van der Waals surface area contributed by atoms with Gasteiger partial charge in [-0.1, -0.05) is 41.6 Å². The van der Waals surface area contributed by atoms with Gasteiger partial charge in [-0.15, -0.1) is 0 Å². The lowest BCUT2D eigenvalue weighted by Gasteiger charge is -2.39. The number of piperidine rings is 1. The van der Waals surface area contributed by atoms with Crippen LogP contribution in [0.5, 0.6) is 0 Å². The molecule has 0 radical (unpaired) electrons. The molecular weight excluding hydrogens is 394 g/mol. The number of hydrogen-bond acceptors (Lipinski definition) is 6. The Morgan fingerprint density at radius 1 is 1.10 bits per heavy atom. The van der Waals surface area contributed by atoms with Crippen molar-refractivity contribution in [2.24, 2.45) is 5.41 Å². The van der Waals surface area contributed by atoms with E-state index in [-0.39, 0.29) is 11.9 Å². The van der Waals surface area contributed by atoms with Crippen LogP contribution in [0, 0.1) is 5.41 Å². The van der Waals surface area contributed by atoms with Crippen LogP contribution in [0.2, 0.25) is 0 Å². The zero-order valence-corrected chi connectivity index (χ0v) is 17.5. The van der Waals surface area contributed by atoms with Crippen LogP contribution in [0.3, 0.4) is 0 Å². The van der Waals surface area contributed by atoms with Crippen LogP contribution in [-0.2, 0) is 16.0 Å². The molecule has 160 valence electrons. The molecule has 0 spiro atoms. The average molecular weight is 419 g/mol. The van der Waals surface area contributed by atoms with Crippen molar-refractivity contribution < 1.29 is 18.8 Å². The minimum atomic E-state index is -0.746. The number of amides is 1. The smallest absolute Gasteiger partial charge is 0.312 e. The first-order valence-electron chi connectivity index (χ1n) is 10.5. The summed E-state index contributed by atoms with van der Waals surface area (Å²) >= 11 is 0. The van der Waals surface area contributed by atoms with Crippen molar-refractivity contribution in [1.82, 2.24) is 15.0 Å². The summed E-state index contributed by atoms with van der Waals surface area (Å²) in [5, 5.41) is 4.17. The lowest BCUT2D eigenvalue weighted by molar-refractivity contribution is -0.158. The first-order chi connectivity index (χ1) is 15.1. The number of aromatic nitrogens is 2. The second kappa shape index (κ2) is 9.12. The van der Waals surface area contributed by atoms with Crippen LogP contribution >= 0.6 is 0 Å². The molecule has 1 aromatic carbocycles. The Bertz CT molecular complexity index is 1030. The van der Waals surface area contributed by atoms with Crippen molar-refractivity contribution >= 4 is 11.9 Å². The van der Waals surface area contributed by atoms with Crippen molar-refractivity contribution in [2.75, 3.05) is 19.7 Å². The molecule has 3 aromatic rings. The molecule has 1 saturated heterocycles. The molecule has 1 fully saturated rings. The van der Waals surface area contributed by atoms with E-state index in [1.807, 2.05) is 36.4 Å². The first kappa shape index (κ1) is 20.8. The van der Waals surface area contributed by atoms with E-state index >= 15 is 0 Å². The Morgan fingerprint density at radius 2 is 1.84 bits per heavy atom. The highest BCUT2D eigenvalue weighted by Crippen LogP contribution is 2.37. The fourth-order valence-corrected chi connectivity index (χ4v) is 4.00. The highest BCUT2D eigenvalue weighted by atomic mass is 16.5. The van der Waals surface area contributed by atoms with Crippen molar-refractivity contribution in [3.8, 4) is 11.3 Å². The number of benzene rings is 1. The van der Waals surface area contributed by atoms with E-state index in [4.69, 9.17) is 9.26 Å². The predicted molar refractivity (Wildman–Crippen MR) is 114 cm³/mol. The number of esters is 1. The van der Waals surface area contributed by atoms with Gasteiger partial charge < -0.3 is 14.2 Å². The minimum absolute atomic E-state index is 0.121. The fraction of sp³-hybridized carbons (Fsp3) is 0.333. The Kier molecular flexibility index (Phi) is 6.11. The maximum Gasteiger partial charge on any atom is 0.312 e. The largest absolute Gasteiger partial charge is 0.466 e. The number of pyridine rings is 1. The van der Waals surface area contributed by atoms with Crippen molar-refractivity contribution in [3.05, 3.63) is 72.2 Å². The standard InChI is InChI=1S/C24H25N3O4/c1-2-30-23(29)24(17-19-16-21(26-31-19)18-8-4-3-5-9-18)11-14-27(15-12-24)22(28)20-10-6-7-13-25-20/h3-10,13,16H,2,11-12,14-15,17H2,1H3. The number of carbonyl (C=O) groups is 2. The molecule has 0 unspecified atom stereocenters. The number of nitrogens with zero attached hydrogens (tertiary/aromatic N) is 3. The summed E-state index contributed by atoms with van der Waals surface area (Å²) in [4.78, 5) is 31.6. The van der Waals surface area contributed by atoms with E-state index in [1.54, 1.807) is 36.2 Å². The normalized spacial score (nSPS) is 15.5. The summed E-state index contributed by atoms with van der Waals surface area (Å²) in [6, 6.07) is 16.9. The van der Waals surface area contributed by atoms with Crippen LogP contribution in [0.15, 0.2) is 65.3 Å². The van der Waals surface area contributed by atoms with Gasteiger partial charge in [-0.25, -0.2) is 0 Å². The van der Waals surface area contributed by atoms with Gasteiger partial charge in [-0.2, -0.15) is 0 Å². The maximum atomic E-state index is 12.9. The molecule has 0 atom stereocenters. The van der Waals surface area contributed by atoms with Gasteiger partial charge in [0.15, 0.2) is 0 Å². The molecule has 1 amide bonds. The van der Waals surface area contributed by atoms with Crippen molar-refractivity contribution in [3.63, 3.8) is 0 Å². The van der Waals surface area contributed by atoms with Crippen molar-refractivity contribution in [2.45, 2.75) is 26.2 Å². The molecule has 0 aliphatic carbocycles. The van der Waals surface area contributed by atoms with E-state index in [9.17, 15) is 9.59 Å². The van der Waals surface area contributed by atoms with Gasteiger partial charge in [0.1, 0.15) is 17.1 Å². The molecule has 4 rings (SSSR count). The maximum absolute atomic E-state index is 12.9. The Balaban J connectivity index is 1.50. The molecule has 0 saturated carbocycles. The van der Waals surface area contributed by atoms with E-state index < -0.39 is 5.41 Å². The fourth-order valence-electron chi connectivity index (χ4n) is 4.00. The van der Waals surface area contributed by atoms with E-state index in [0.29, 0.717) is 50.4 Å². The highest BCUT2D eigenvalue weighted by molar-refractivity contribution is 5.92. The highest BCUT2D eigenvalue weighted by Gasteiger charge is 2.44. The van der Waals surface area contributed by atoms with Crippen LogP contribution < -0.4 is 0 Å². The Labute approximate surface area is 181 Å². The number of hydrogen-bond donors (Lipinski definition) is 0. The summed E-state index contributed by atoms with van der Waals surface area (Å²) in [6.07, 6.45) is 2.98. The topological polar surface area (TPSA) is 85.5 Å². The van der Waals surface area contributed by atoms with Gasteiger partial charge in [0, 0.05) is 37.3 Å². The first-order valence-corrected chi connectivity index (χ1v) is 10.5. The van der Waals surface area contributed by atoms with Gasteiger partial charge >= 0.3 is 5.97 Å². The molecule has 31 heavy (non-hydrogen) atoms. The average Bonchev–Trinajstić information content (AvgIpc) is 3.29. The molecular formula is C24H25N3O4. The van der Waals surface area contributed by atoms with Gasteiger partial charge in [-0.3, -0.25) is 14.6 Å². The van der Waals surface area contributed by atoms with Crippen LogP contribution in [0.25, 0.3) is 11.3 Å². The van der Waals surface area contributed by atoms with Crippen LogP contribution in [-0.4, -0.2) is 46.6 Å². The molecule has 1 aliphatic heterocycles. The third-order valence-corrected chi connectivity index (χ3v) is 5.74. The molecule has 1 aliphatic rings. The third kappa shape index (κ3) is 4.50. The van der Waals surface area contributed by atoms with Gasteiger partial charge in [0.2, 0.25) is 0 Å². The predicted octanol–water partition coefficient (Wildman–Crippen LogP) is 3.76. The second-order valence-electron chi connectivity index (χ2n) is 7.73. The summed E-state index contributed by atoms with van der Waals surface area (Å²) in [5.41, 5.74) is 1.36. The number of ether oxygens (including phenoxy) is 1. The number of likely N-dealkylation sites (tertiary alicyclic amines) is 1. The van der Waals surface area contributed by atoms with Crippen LogP contribution in [0.4, 0.5) is 0 Å². The molecule has 7 heteroatoms. The summed E-state index contributed by atoms with van der Waals surface area (Å²) in [6.45, 7) is 3.01. The van der Waals surface area contributed by atoms with Gasteiger partial charge in [0.25, 0.3) is 5.91 Å². The van der Waals surface area contributed by atoms with E-state index in [0.717, 1.165) is 11.3 Å². The summed E-state index contributed by atoms with van der Waals surface area (Å²) in [7, 11) is 0. The molecule has 7 nitrogen and oxygen atoms in total. The number of rotatable bonds is 6. The van der Waals surface area contributed by atoms with E-state index in [2.05, 4.69) is 10.1 Å². The van der Waals surface area contributed by atoms with Gasteiger partial charge in [-0.05, 0) is 31.9 Å². The summed E-state index contributed by atoms with van der Waals surface area (Å²) in [5.74, 6) is 0.262. The van der Waals surface area contributed by atoms with Crippen molar-refractivity contribution in [1.29, 1.82) is 0 Å². The molecule has 0 bridgehead atoms. The minimum Gasteiger partial charge on any atom is -0.466 e. The van der Waals surface area contributed by atoms with Crippen LogP contribution in [0.1, 0.15) is 36.0 Å². The molecule has 0 N–H and O–H groups in total. The Hall–Kier alpha value is -3.48.